The molecule has 0 spiro atoms. The number of aromatic hydroxyl groups is 1. The van der Waals surface area contributed by atoms with Gasteiger partial charge in [-0.05, 0) is 40.3 Å². The molecule has 0 saturated heterocycles. The van der Waals surface area contributed by atoms with Gasteiger partial charge in [0.2, 0.25) is 0 Å². The molecule has 3 rings (SSSR count). The van der Waals surface area contributed by atoms with Gasteiger partial charge in [0.1, 0.15) is 12.4 Å². The van der Waals surface area contributed by atoms with E-state index >= 15 is 0 Å². The van der Waals surface area contributed by atoms with Gasteiger partial charge in [-0.3, -0.25) is 0 Å². The standard InChI is InChI=1S/C22H24N2O2/c1-22(2,3)18-8-4-15(5-9-18)14-26-20-12-17(13-24-21(20)23)16-6-10-19(25)11-7-16/h4-13,25H,14H2,1-3H3,(H2,23,24). The van der Waals surface area contributed by atoms with Crippen molar-refractivity contribution in [3.05, 3.63) is 71.9 Å². The molecule has 0 atom stereocenters. The molecule has 0 radical (unpaired) electrons. The van der Waals surface area contributed by atoms with E-state index in [1.54, 1.807) is 18.3 Å². The lowest BCUT2D eigenvalue weighted by Crippen LogP contribution is -2.10. The summed E-state index contributed by atoms with van der Waals surface area (Å²) in [5.74, 6) is 1.14. The molecule has 0 aliphatic rings. The number of nitrogen functional groups attached to an aromatic ring is 1. The highest BCUT2D eigenvalue weighted by Crippen LogP contribution is 2.29. The third-order valence-corrected chi connectivity index (χ3v) is 4.30. The topological polar surface area (TPSA) is 68.4 Å². The van der Waals surface area contributed by atoms with Gasteiger partial charge in [0.05, 0.1) is 0 Å². The Morgan fingerprint density at radius 3 is 2.23 bits per heavy atom. The Bertz CT molecular complexity index is 880. The zero-order chi connectivity index (χ0) is 18.7. The Kier molecular flexibility index (Phi) is 4.85. The Labute approximate surface area is 154 Å². The predicted molar refractivity (Wildman–Crippen MR) is 105 cm³/mol. The van der Waals surface area contributed by atoms with Gasteiger partial charge in [-0.15, -0.1) is 0 Å². The predicted octanol–water partition coefficient (Wildman–Crippen LogP) is 4.91. The molecule has 0 aliphatic heterocycles. The number of rotatable bonds is 4. The fraction of sp³-hybridized carbons (Fsp3) is 0.227. The third-order valence-electron chi connectivity index (χ3n) is 4.30. The van der Waals surface area contributed by atoms with Crippen LogP contribution in [0.25, 0.3) is 11.1 Å². The minimum absolute atomic E-state index is 0.131. The van der Waals surface area contributed by atoms with Crippen LogP contribution in [0.15, 0.2) is 60.8 Å². The van der Waals surface area contributed by atoms with E-state index in [9.17, 15) is 5.11 Å². The summed E-state index contributed by atoms with van der Waals surface area (Å²) in [4.78, 5) is 4.23. The summed E-state index contributed by atoms with van der Waals surface area (Å²) in [6.45, 7) is 7.01. The molecule has 26 heavy (non-hydrogen) atoms. The van der Waals surface area contributed by atoms with Crippen molar-refractivity contribution in [1.82, 2.24) is 4.98 Å². The summed E-state index contributed by atoms with van der Waals surface area (Å²) >= 11 is 0. The molecule has 0 aliphatic carbocycles. The first-order valence-electron chi connectivity index (χ1n) is 8.60. The lowest BCUT2D eigenvalue weighted by molar-refractivity contribution is 0.307. The van der Waals surface area contributed by atoms with E-state index in [-0.39, 0.29) is 11.2 Å². The fourth-order valence-electron chi connectivity index (χ4n) is 2.64. The number of phenols is 1. The van der Waals surface area contributed by atoms with Crippen LogP contribution in [0.5, 0.6) is 11.5 Å². The molecule has 4 nitrogen and oxygen atoms in total. The van der Waals surface area contributed by atoms with E-state index in [0.717, 1.165) is 16.7 Å². The van der Waals surface area contributed by atoms with Crippen LogP contribution in [-0.4, -0.2) is 10.1 Å². The van der Waals surface area contributed by atoms with Crippen molar-refractivity contribution in [3.8, 4) is 22.6 Å². The van der Waals surface area contributed by atoms with E-state index in [1.807, 2.05) is 18.2 Å². The molecule has 4 heteroatoms. The number of nitrogens with zero attached hydrogens (tertiary/aromatic N) is 1. The molecule has 1 heterocycles. The Balaban J connectivity index is 1.75. The maximum Gasteiger partial charge on any atom is 0.166 e. The molecule has 0 amide bonds. The molecule has 0 saturated carbocycles. The second-order valence-electron chi connectivity index (χ2n) is 7.39. The lowest BCUT2D eigenvalue weighted by atomic mass is 9.87. The number of aromatic nitrogens is 1. The molecule has 3 aromatic rings. The molecule has 0 unspecified atom stereocenters. The maximum atomic E-state index is 9.42. The van der Waals surface area contributed by atoms with Gasteiger partial charge >= 0.3 is 0 Å². The fourth-order valence-corrected chi connectivity index (χ4v) is 2.64. The SMILES string of the molecule is CC(C)(C)c1ccc(COc2cc(-c3ccc(O)cc3)cnc2N)cc1. The number of benzene rings is 2. The lowest BCUT2D eigenvalue weighted by Gasteiger charge is -2.19. The van der Waals surface area contributed by atoms with E-state index in [1.165, 1.54) is 5.56 Å². The van der Waals surface area contributed by atoms with Crippen LogP contribution < -0.4 is 10.5 Å². The smallest absolute Gasteiger partial charge is 0.166 e. The van der Waals surface area contributed by atoms with Crippen LogP contribution in [0, 0.1) is 0 Å². The van der Waals surface area contributed by atoms with E-state index in [4.69, 9.17) is 10.5 Å². The normalized spacial score (nSPS) is 11.3. The summed E-state index contributed by atoms with van der Waals surface area (Å²) in [5, 5.41) is 9.42. The zero-order valence-corrected chi connectivity index (χ0v) is 15.4. The second-order valence-corrected chi connectivity index (χ2v) is 7.39. The van der Waals surface area contributed by atoms with Crippen LogP contribution in [0.3, 0.4) is 0 Å². The van der Waals surface area contributed by atoms with Crippen LogP contribution in [0.2, 0.25) is 0 Å². The summed E-state index contributed by atoms with van der Waals surface area (Å²) in [6, 6.07) is 17.2. The molecule has 0 bridgehead atoms. The van der Waals surface area contributed by atoms with Crippen molar-refractivity contribution in [3.63, 3.8) is 0 Å². The van der Waals surface area contributed by atoms with Crippen molar-refractivity contribution in [1.29, 1.82) is 0 Å². The quantitative estimate of drug-likeness (QED) is 0.703. The first-order valence-corrected chi connectivity index (χ1v) is 8.60. The summed E-state index contributed by atoms with van der Waals surface area (Å²) in [5.41, 5.74) is 10.3. The molecular formula is C22H24N2O2. The zero-order valence-electron chi connectivity index (χ0n) is 15.4. The summed E-state index contributed by atoms with van der Waals surface area (Å²) in [7, 11) is 0. The highest BCUT2D eigenvalue weighted by atomic mass is 16.5. The highest BCUT2D eigenvalue weighted by molar-refractivity contribution is 5.67. The molecular weight excluding hydrogens is 324 g/mol. The molecule has 1 aromatic heterocycles. The second kappa shape index (κ2) is 7.08. The summed E-state index contributed by atoms with van der Waals surface area (Å²) < 4.78 is 5.90. The average Bonchev–Trinajstić information content (AvgIpc) is 2.61. The number of hydrogen-bond acceptors (Lipinski definition) is 4. The van der Waals surface area contributed by atoms with Gasteiger partial charge in [-0.2, -0.15) is 0 Å². The number of hydrogen-bond donors (Lipinski definition) is 2. The van der Waals surface area contributed by atoms with Gasteiger partial charge in [0.25, 0.3) is 0 Å². The first-order chi connectivity index (χ1) is 12.3. The average molecular weight is 348 g/mol. The number of anilines is 1. The van der Waals surface area contributed by atoms with Crippen LogP contribution in [0.4, 0.5) is 5.82 Å². The molecule has 3 N–H and O–H groups in total. The Hall–Kier alpha value is -3.01. The third kappa shape index (κ3) is 4.14. The largest absolute Gasteiger partial charge is 0.508 e. The van der Waals surface area contributed by atoms with E-state index in [0.29, 0.717) is 18.2 Å². The van der Waals surface area contributed by atoms with E-state index < -0.39 is 0 Å². The van der Waals surface area contributed by atoms with Gasteiger partial charge in [0, 0.05) is 11.8 Å². The van der Waals surface area contributed by atoms with Crippen molar-refractivity contribution in [2.75, 3.05) is 5.73 Å². The maximum absolute atomic E-state index is 9.42. The molecule has 134 valence electrons. The Morgan fingerprint density at radius 2 is 1.62 bits per heavy atom. The van der Waals surface area contributed by atoms with Crippen molar-refractivity contribution >= 4 is 5.82 Å². The van der Waals surface area contributed by atoms with Crippen molar-refractivity contribution in [2.45, 2.75) is 32.8 Å². The monoisotopic (exact) mass is 348 g/mol. The first kappa shape index (κ1) is 17.8. The van der Waals surface area contributed by atoms with E-state index in [2.05, 4.69) is 50.0 Å². The van der Waals surface area contributed by atoms with Crippen molar-refractivity contribution < 1.29 is 9.84 Å². The van der Waals surface area contributed by atoms with Gasteiger partial charge in [-0.25, -0.2) is 4.98 Å². The van der Waals surface area contributed by atoms with Crippen LogP contribution in [0.1, 0.15) is 31.9 Å². The summed E-state index contributed by atoms with van der Waals surface area (Å²) in [6.07, 6.45) is 1.70. The van der Waals surface area contributed by atoms with Gasteiger partial charge < -0.3 is 15.6 Å². The van der Waals surface area contributed by atoms with Crippen molar-refractivity contribution in [2.24, 2.45) is 0 Å². The van der Waals surface area contributed by atoms with Crippen LogP contribution >= 0.6 is 0 Å². The Morgan fingerprint density at radius 1 is 0.962 bits per heavy atom. The van der Waals surface area contributed by atoms with Gasteiger partial charge in [-0.1, -0.05) is 57.2 Å². The molecule has 0 fully saturated rings. The minimum atomic E-state index is 0.131. The minimum Gasteiger partial charge on any atom is -0.508 e. The van der Waals surface area contributed by atoms with Crippen LogP contribution in [-0.2, 0) is 12.0 Å². The number of ether oxygens (including phenoxy) is 1. The number of phenolic OH excluding ortho intramolecular Hbond substituents is 1. The molecule has 2 aromatic carbocycles. The van der Waals surface area contributed by atoms with Gasteiger partial charge in [0.15, 0.2) is 11.6 Å². The highest BCUT2D eigenvalue weighted by Gasteiger charge is 2.13. The number of pyridine rings is 1. The number of nitrogens with two attached hydrogens (primary N) is 1.